The summed E-state index contributed by atoms with van der Waals surface area (Å²) in [6.45, 7) is 0.324. The van der Waals surface area contributed by atoms with Crippen LogP contribution in [0.1, 0.15) is 10.4 Å². The van der Waals surface area contributed by atoms with Gasteiger partial charge in [-0.05, 0) is 18.2 Å². The molecule has 0 amide bonds. The largest absolute Gasteiger partial charge is 0.418 e. The van der Waals surface area contributed by atoms with Crippen molar-refractivity contribution in [2.75, 3.05) is 5.32 Å². The predicted molar refractivity (Wildman–Crippen MR) is 68.1 cm³/mol. The molecule has 6 heteroatoms. The minimum absolute atomic E-state index is 0.0783. The molecular formula is C12H9ClF3NS. The summed E-state index contributed by atoms with van der Waals surface area (Å²) in [4.78, 5) is 0.886. The van der Waals surface area contributed by atoms with Crippen LogP contribution in [0, 0.1) is 0 Å². The molecule has 0 unspecified atom stereocenters. The van der Waals surface area contributed by atoms with Crippen LogP contribution in [0.2, 0.25) is 5.02 Å². The lowest BCUT2D eigenvalue weighted by Gasteiger charge is -2.13. The number of nitrogens with one attached hydrogen (secondary N) is 1. The minimum atomic E-state index is -4.35. The van der Waals surface area contributed by atoms with Gasteiger partial charge in [0, 0.05) is 22.5 Å². The van der Waals surface area contributed by atoms with Crippen LogP contribution < -0.4 is 5.32 Å². The molecule has 2 aromatic rings. The standard InChI is InChI=1S/C12H9ClF3NS/c13-8-5-9(18-7-8)6-17-11-4-2-1-3-10(11)12(14,15)16/h1-5,7,17H,6H2. The Balaban J connectivity index is 2.14. The molecule has 0 aliphatic rings. The number of anilines is 1. The molecule has 2 rings (SSSR count). The molecule has 0 bridgehead atoms. The highest BCUT2D eigenvalue weighted by Gasteiger charge is 2.32. The van der Waals surface area contributed by atoms with E-state index in [-0.39, 0.29) is 5.69 Å². The van der Waals surface area contributed by atoms with Crippen LogP contribution in [-0.2, 0) is 12.7 Å². The molecule has 1 aromatic heterocycles. The minimum Gasteiger partial charge on any atom is -0.380 e. The molecule has 18 heavy (non-hydrogen) atoms. The van der Waals surface area contributed by atoms with Crippen LogP contribution in [0.3, 0.4) is 0 Å². The van der Waals surface area contributed by atoms with E-state index < -0.39 is 11.7 Å². The molecule has 96 valence electrons. The lowest BCUT2D eigenvalue weighted by atomic mass is 10.1. The number of hydrogen-bond acceptors (Lipinski definition) is 2. The first kappa shape index (κ1) is 13.2. The van der Waals surface area contributed by atoms with Gasteiger partial charge in [0.05, 0.1) is 10.6 Å². The maximum absolute atomic E-state index is 12.7. The van der Waals surface area contributed by atoms with E-state index >= 15 is 0 Å². The van der Waals surface area contributed by atoms with Crippen LogP contribution in [0.4, 0.5) is 18.9 Å². The van der Waals surface area contributed by atoms with Crippen molar-refractivity contribution in [1.29, 1.82) is 0 Å². The van der Waals surface area contributed by atoms with Gasteiger partial charge in [0.25, 0.3) is 0 Å². The number of rotatable bonds is 3. The number of alkyl halides is 3. The topological polar surface area (TPSA) is 12.0 Å². The van der Waals surface area contributed by atoms with Gasteiger partial charge < -0.3 is 5.32 Å². The highest BCUT2D eigenvalue weighted by atomic mass is 35.5. The van der Waals surface area contributed by atoms with Crippen molar-refractivity contribution >= 4 is 28.6 Å². The van der Waals surface area contributed by atoms with E-state index in [1.54, 1.807) is 17.5 Å². The molecule has 0 atom stereocenters. The van der Waals surface area contributed by atoms with Gasteiger partial charge in [-0.25, -0.2) is 0 Å². The van der Waals surface area contributed by atoms with Gasteiger partial charge in [0.15, 0.2) is 0 Å². The van der Waals surface area contributed by atoms with Crippen LogP contribution in [0.5, 0.6) is 0 Å². The summed E-state index contributed by atoms with van der Waals surface area (Å²) >= 11 is 7.16. The molecule has 0 aliphatic carbocycles. The van der Waals surface area contributed by atoms with Gasteiger partial charge in [-0.2, -0.15) is 13.2 Å². The van der Waals surface area contributed by atoms with E-state index in [1.165, 1.54) is 23.5 Å². The summed E-state index contributed by atoms with van der Waals surface area (Å²) in [7, 11) is 0. The van der Waals surface area contributed by atoms with Crippen LogP contribution in [-0.4, -0.2) is 0 Å². The molecule has 0 radical (unpaired) electrons. The van der Waals surface area contributed by atoms with Crippen molar-refractivity contribution in [2.24, 2.45) is 0 Å². The molecule has 0 aliphatic heterocycles. The average Bonchev–Trinajstić information content (AvgIpc) is 2.72. The molecule has 1 heterocycles. The van der Waals surface area contributed by atoms with Crippen molar-refractivity contribution in [3.63, 3.8) is 0 Å². The molecular weight excluding hydrogens is 283 g/mol. The SMILES string of the molecule is FC(F)(F)c1ccccc1NCc1cc(Cl)cs1. The Morgan fingerprint density at radius 2 is 1.94 bits per heavy atom. The van der Waals surface area contributed by atoms with Crippen molar-refractivity contribution in [2.45, 2.75) is 12.7 Å². The average molecular weight is 292 g/mol. The maximum Gasteiger partial charge on any atom is 0.418 e. The third kappa shape index (κ3) is 3.17. The normalized spacial score (nSPS) is 11.6. The monoisotopic (exact) mass is 291 g/mol. The summed E-state index contributed by atoms with van der Waals surface area (Å²) in [6, 6.07) is 7.15. The van der Waals surface area contributed by atoms with Crippen LogP contribution >= 0.6 is 22.9 Å². The van der Waals surface area contributed by atoms with E-state index in [2.05, 4.69) is 5.32 Å². The Morgan fingerprint density at radius 3 is 2.56 bits per heavy atom. The van der Waals surface area contributed by atoms with Gasteiger partial charge in [-0.1, -0.05) is 23.7 Å². The Hall–Kier alpha value is -1.20. The molecule has 0 saturated heterocycles. The van der Waals surface area contributed by atoms with Crippen LogP contribution in [0.25, 0.3) is 0 Å². The lowest BCUT2D eigenvalue weighted by Crippen LogP contribution is -2.10. The molecule has 1 aromatic carbocycles. The third-order valence-electron chi connectivity index (χ3n) is 2.31. The van der Waals surface area contributed by atoms with Crippen molar-refractivity contribution in [3.8, 4) is 0 Å². The zero-order valence-electron chi connectivity index (χ0n) is 9.09. The number of thiophene rings is 1. The number of hydrogen-bond donors (Lipinski definition) is 1. The lowest BCUT2D eigenvalue weighted by molar-refractivity contribution is -0.136. The molecule has 0 spiro atoms. The summed E-state index contributed by atoms with van der Waals surface area (Å²) in [5, 5.41) is 5.12. The third-order valence-corrected chi connectivity index (χ3v) is 3.59. The fraction of sp³-hybridized carbons (Fsp3) is 0.167. The van der Waals surface area contributed by atoms with Gasteiger partial charge in [-0.15, -0.1) is 11.3 Å². The Bertz CT molecular complexity index is 536. The Morgan fingerprint density at radius 1 is 1.22 bits per heavy atom. The van der Waals surface area contributed by atoms with E-state index in [0.717, 1.165) is 10.9 Å². The summed E-state index contributed by atoms with van der Waals surface area (Å²) in [6.07, 6.45) is -4.35. The number of benzene rings is 1. The zero-order valence-corrected chi connectivity index (χ0v) is 10.7. The summed E-state index contributed by atoms with van der Waals surface area (Å²) in [5.74, 6) is 0. The van der Waals surface area contributed by atoms with Crippen molar-refractivity contribution in [1.82, 2.24) is 0 Å². The second-order valence-electron chi connectivity index (χ2n) is 3.63. The first-order chi connectivity index (χ1) is 8.47. The highest BCUT2D eigenvalue weighted by molar-refractivity contribution is 7.10. The van der Waals surface area contributed by atoms with E-state index in [9.17, 15) is 13.2 Å². The Labute approximate surface area is 111 Å². The van der Waals surface area contributed by atoms with E-state index in [1.807, 2.05) is 0 Å². The molecule has 1 nitrogen and oxygen atoms in total. The maximum atomic E-state index is 12.7. The van der Waals surface area contributed by atoms with Crippen LogP contribution in [0.15, 0.2) is 35.7 Å². The number of para-hydroxylation sites is 1. The fourth-order valence-electron chi connectivity index (χ4n) is 1.51. The number of halogens is 4. The van der Waals surface area contributed by atoms with Gasteiger partial charge >= 0.3 is 6.18 Å². The van der Waals surface area contributed by atoms with Crippen molar-refractivity contribution < 1.29 is 13.2 Å². The van der Waals surface area contributed by atoms with Gasteiger partial charge in [0.2, 0.25) is 0 Å². The van der Waals surface area contributed by atoms with Gasteiger partial charge in [0.1, 0.15) is 0 Å². The second-order valence-corrected chi connectivity index (χ2v) is 5.06. The van der Waals surface area contributed by atoms with E-state index in [4.69, 9.17) is 11.6 Å². The zero-order chi connectivity index (χ0) is 13.2. The van der Waals surface area contributed by atoms with E-state index in [0.29, 0.717) is 11.6 Å². The quantitative estimate of drug-likeness (QED) is 0.836. The molecule has 0 saturated carbocycles. The predicted octanol–water partition coefficient (Wildman–Crippen LogP) is 5.03. The second kappa shape index (κ2) is 5.20. The first-order valence-electron chi connectivity index (χ1n) is 5.10. The smallest absolute Gasteiger partial charge is 0.380 e. The summed E-state index contributed by atoms with van der Waals surface area (Å²) in [5.41, 5.74) is -0.581. The van der Waals surface area contributed by atoms with Crippen molar-refractivity contribution in [3.05, 3.63) is 51.2 Å². The van der Waals surface area contributed by atoms with Gasteiger partial charge in [-0.3, -0.25) is 0 Å². The first-order valence-corrected chi connectivity index (χ1v) is 6.35. The Kier molecular flexibility index (Phi) is 3.82. The fourth-order valence-corrected chi connectivity index (χ4v) is 2.53. The highest BCUT2D eigenvalue weighted by Crippen LogP contribution is 2.34. The summed E-state index contributed by atoms with van der Waals surface area (Å²) < 4.78 is 38.2. The molecule has 1 N–H and O–H groups in total. The molecule has 0 fully saturated rings.